The molecule has 2 aliphatic rings. The van der Waals surface area contributed by atoms with E-state index in [2.05, 4.69) is 101 Å². The number of nitrogens with zero attached hydrogens (tertiary/aromatic N) is 1. The Labute approximate surface area is 237 Å². The van der Waals surface area contributed by atoms with E-state index in [1.807, 2.05) is 0 Å². The van der Waals surface area contributed by atoms with Crippen LogP contribution in [0.4, 0.5) is 0 Å². The molecule has 0 aromatic heterocycles. The molecule has 2 fully saturated rings. The zero-order valence-corrected chi connectivity index (χ0v) is 26.8. The van der Waals surface area contributed by atoms with Crippen LogP contribution in [0.5, 0.6) is 0 Å². The van der Waals surface area contributed by atoms with E-state index >= 15 is 0 Å². The summed E-state index contributed by atoms with van der Waals surface area (Å²) in [5.41, 5.74) is 5.80. The maximum Gasteiger partial charge on any atom is 0.100 e. The number of rotatable bonds is 7. The molecule has 2 aromatic rings. The zero-order valence-electron chi connectivity index (χ0n) is 25.1. The van der Waals surface area contributed by atoms with Crippen molar-refractivity contribution >= 4 is 24.2 Å². The Morgan fingerprint density at radius 2 is 1.26 bits per heavy atom. The molecule has 2 unspecified atom stereocenters. The molecule has 2 nitrogen and oxygen atoms in total. The summed E-state index contributed by atoms with van der Waals surface area (Å²) in [4.78, 5) is 0. The lowest BCUT2D eigenvalue weighted by Crippen LogP contribution is -2.39. The van der Waals surface area contributed by atoms with Crippen LogP contribution >= 0.6 is 7.92 Å². The molecule has 38 heavy (non-hydrogen) atoms. The van der Waals surface area contributed by atoms with Gasteiger partial charge in [0.15, 0.2) is 0 Å². The number of hydrogen-bond donors (Lipinski definition) is 0. The summed E-state index contributed by atoms with van der Waals surface area (Å²) in [6, 6.07) is 18.5. The van der Waals surface area contributed by atoms with Crippen molar-refractivity contribution in [1.29, 1.82) is 0 Å². The lowest BCUT2D eigenvalue weighted by molar-refractivity contribution is 0.440. The van der Waals surface area contributed by atoms with Crippen molar-refractivity contribution in [3.63, 3.8) is 0 Å². The topological polar surface area (TPSA) is 20.3 Å². The molecule has 0 amide bonds. The highest BCUT2D eigenvalue weighted by Gasteiger charge is 2.37. The van der Waals surface area contributed by atoms with Gasteiger partial charge in [-0.15, -0.1) is 0 Å². The predicted molar refractivity (Wildman–Crippen MR) is 169 cm³/mol. The predicted octanol–water partition coefficient (Wildman–Crippen LogP) is 9.24. The third kappa shape index (κ3) is 7.00. The largest absolute Gasteiger partial charge is 0.242 e. The molecule has 0 N–H and O–H groups in total. The molecule has 0 spiro atoms. The standard InChI is InChI=1S/C34H52NOPS/c1-33(2,3)27-24-22-26(23-25-27)32(35(7)38(36)34(4,5)6)30-20-14-15-21-31(30)37(28-16-10-8-11-17-28)29-18-12-9-13-19-29/h14-15,20-25,28-29,32H,8-13,16-19H2,1-7H3. The Bertz CT molecular complexity index is 1040. The van der Waals surface area contributed by atoms with Gasteiger partial charge < -0.3 is 0 Å². The van der Waals surface area contributed by atoms with E-state index in [4.69, 9.17) is 0 Å². The molecule has 0 aliphatic heterocycles. The van der Waals surface area contributed by atoms with E-state index in [0.717, 1.165) is 11.3 Å². The second-order valence-corrected chi connectivity index (χ2v) is 18.8. The van der Waals surface area contributed by atoms with Crippen LogP contribution in [0.15, 0.2) is 48.5 Å². The van der Waals surface area contributed by atoms with Gasteiger partial charge >= 0.3 is 0 Å². The number of hydrogen-bond acceptors (Lipinski definition) is 1. The van der Waals surface area contributed by atoms with Crippen molar-refractivity contribution in [2.75, 3.05) is 7.05 Å². The molecular formula is C34H52NOPS. The average Bonchev–Trinajstić information content (AvgIpc) is 2.90. The van der Waals surface area contributed by atoms with E-state index in [0.29, 0.717) is 0 Å². The third-order valence-electron chi connectivity index (χ3n) is 8.69. The first-order chi connectivity index (χ1) is 18.0. The fraction of sp³-hybridized carbons (Fsp3) is 0.647. The Morgan fingerprint density at radius 1 is 0.763 bits per heavy atom. The van der Waals surface area contributed by atoms with Crippen LogP contribution in [-0.4, -0.2) is 31.6 Å². The SMILES string of the molecule is CN(C(c1ccc(C(C)(C)C)cc1)c1ccccc1P(C1CCCCC1)C1CCCCC1)S(=O)C(C)(C)C. The molecule has 0 bridgehead atoms. The van der Waals surface area contributed by atoms with Gasteiger partial charge in [-0.2, -0.15) is 0 Å². The zero-order chi connectivity index (χ0) is 27.5. The van der Waals surface area contributed by atoms with E-state index in [1.165, 1.54) is 80.9 Å². The van der Waals surface area contributed by atoms with E-state index < -0.39 is 11.0 Å². The summed E-state index contributed by atoms with van der Waals surface area (Å²) in [6.45, 7) is 13.1. The fourth-order valence-corrected chi connectivity index (χ4v) is 11.9. The normalized spacial score (nSPS) is 20.1. The molecule has 210 valence electrons. The number of benzene rings is 2. The molecule has 2 atom stereocenters. The van der Waals surface area contributed by atoms with Crippen LogP contribution in [-0.2, 0) is 16.4 Å². The third-order valence-corrected chi connectivity index (χ3v) is 14.0. The molecule has 4 rings (SSSR count). The van der Waals surface area contributed by atoms with Crippen LogP contribution in [0.1, 0.15) is 128 Å². The quantitative estimate of drug-likeness (QED) is 0.313. The first-order valence-corrected chi connectivity index (χ1v) is 17.7. The van der Waals surface area contributed by atoms with E-state index in [1.54, 1.807) is 5.30 Å². The van der Waals surface area contributed by atoms with Crippen LogP contribution in [0.3, 0.4) is 0 Å². The van der Waals surface area contributed by atoms with Gasteiger partial charge in [-0.05, 0) is 85.2 Å². The van der Waals surface area contributed by atoms with Crippen molar-refractivity contribution in [2.24, 2.45) is 0 Å². The molecule has 0 radical (unpaired) electrons. The van der Waals surface area contributed by atoms with Crippen molar-refractivity contribution in [1.82, 2.24) is 4.31 Å². The van der Waals surface area contributed by atoms with Gasteiger partial charge in [-0.25, -0.2) is 8.51 Å². The van der Waals surface area contributed by atoms with Gasteiger partial charge in [0.2, 0.25) is 0 Å². The smallest absolute Gasteiger partial charge is 0.100 e. The van der Waals surface area contributed by atoms with Crippen LogP contribution < -0.4 is 5.30 Å². The van der Waals surface area contributed by atoms with Crippen molar-refractivity contribution in [2.45, 2.75) is 133 Å². The summed E-state index contributed by atoms with van der Waals surface area (Å²) in [6.07, 6.45) is 14.0. The lowest BCUT2D eigenvalue weighted by Gasteiger charge is -2.41. The summed E-state index contributed by atoms with van der Waals surface area (Å²) in [5.74, 6) is 0. The van der Waals surface area contributed by atoms with Crippen molar-refractivity contribution in [3.8, 4) is 0 Å². The molecular weight excluding hydrogens is 501 g/mol. The minimum atomic E-state index is -1.13. The molecule has 2 aliphatic carbocycles. The summed E-state index contributed by atoms with van der Waals surface area (Å²) in [7, 11) is 0.703. The van der Waals surface area contributed by atoms with Gasteiger partial charge in [0.1, 0.15) is 11.0 Å². The second kappa shape index (κ2) is 12.7. The van der Waals surface area contributed by atoms with Gasteiger partial charge in [0, 0.05) is 7.05 Å². The van der Waals surface area contributed by atoms with Gasteiger partial charge in [-0.1, -0.05) is 116 Å². The minimum absolute atomic E-state index is 0.0162. The molecule has 2 aromatic carbocycles. The first kappa shape index (κ1) is 30.0. The second-order valence-electron chi connectivity index (χ2n) is 13.7. The highest BCUT2D eigenvalue weighted by atomic mass is 32.2. The Hall–Kier alpha value is -1.02. The Morgan fingerprint density at radius 3 is 1.74 bits per heavy atom. The van der Waals surface area contributed by atoms with Gasteiger partial charge in [0.25, 0.3) is 0 Å². The van der Waals surface area contributed by atoms with Crippen LogP contribution in [0.25, 0.3) is 0 Å². The highest BCUT2D eigenvalue weighted by molar-refractivity contribution is 7.84. The van der Waals surface area contributed by atoms with E-state index in [-0.39, 0.29) is 24.1 Å². The average molecular weight is 554 g/mol. The van der Waals surface area contributed by atoms with Gasteiger partial charge in [0.05, 0.1) is 10.8 Å². The minimum Gasteiger partial charge on any atom is -0.242 e. The lowest BCUT2D eigenvalue weighted by atomic mass is 9.86. The molecule has 2 saturated carbocycles. The van der Waals surface area contributed by atoms with Crippen LogP contribution in [0, 0.1) is 0 Å². The highest BCUT2D eigenvalue weighted by Crippen LogP contribution is 2.56. The fourth-order valence-electron chi connectivity index (χ4n) is 6.64. The monoisotopic (exact) mass is 553 g/mol. The Kier molecular flexibility index (Phi) is 9.97. The van der Waals surface area contributed by atoms with Crippen LogP contribution in [0.2, 0.25) is 0 Å². The van der Waals surface area contributed by atoms with Crippen molar-refractivity contribution < 1.29 is 4.21 Å². The first-order valence-electron chi connectivity index (χ1n) is 15.1. The molecule has 0 heterocycles. The Balaban J connectivity index is 1.84. The summed E-state index contributed by atoms with van der Waals surface area (Å²) < 4.78 is 15.8. The summed E-state index contributed by atoms with van der Waals surface area (Å²) in [5, 5.41) is 1.60. The van der Waals surface area contributed by atoms with Crippen molar-refractivity contribution in [3.05, 3.63) is 65.2 Å². The van der Waals surface area contributed by atoms with E-state index in [9.17, 15) is 4.21 Å². The summed E-state index contributed by atoms with van der Waals surface area (Å²) >= 11 is 0. The maximum atomic E-state index is 13.9. The maximum absolute atomic E-state index is 13.9. The van der Waals surface area contributed by atoms with Gasteiger partial charge in [-0.3, -0.25) is 0 Å². The molecule has 4 heteroatoms. The molecule has 0 saturated heterocycles.